The van der Waals surface area contributed by atoms with Crippen molar-refractivity contribution in [2.75, 3.05) is 40.9 Å². The molecule has 38 heavy (non-hydrogen) atoms. The van der Waals surface area contributed by atoms with Gasteiger partial charge in [-0.1, -0.05) is 19.9 Å². The maximum Gasteiger partial charge on any atom is 0.255 e. The van der Waals surface area contributed by atoms with E-state index >= 15 is 0 Å². The Bertz CT molecular complexity index is 1240. The lowest BCUT2D eigenvalue weighted by atomic mass is 9.80. The Hall–Kier alpha value is -3.26. The van der Waals surface area contributed by atoms with Gasteiger partial charge in [0.05, 0.1) is 31.9 Å². The highest BCUT2D eigenvalue weighted by atomic mass is 16.5. The van der Waals surface area contributed by atoms with E-state index in [4.69, 9.17) is 9.47 Å². The summed E-state index contributed by atoms with van der Waals surface area (Å²) in [6.07, 6.45) is 4.66. The minimum Gasteiger partial charge on any atom is -0.497 e. The molecule has 2 amide bonds. The highest BCUT2D eigenvalue weighted by Gasteiger charge is 2.45. The van der Waals surface area contributed by atoms with Gasteiger partial charge in [-0.25, -0.2) is 0 Å². The van der Waals surface area contributed by atoms with Crippen LogP contribution in [0.3, 0.4) is 0 Å². The van der Waals surface area contributed by atoms with Crippen molar-refractivity contribution < 1.29 is 19.1 Å². The minimum atomic E-state index is -0.373. The van der Waals surface area contributed by atoms with Crippen LogP contribution in [0.5, 0.6) is 11.5 Å². The number of hydrogen-bond acceptors (Lipinski definition) is 5. The number of amides is 2. The molecule has 0 N–H and O–H groups in total. The summed E-state index contributed by atoms with van der Waals surface area (Å²) in [5.41, 5.74) is 5.56. The third-order valence-corrected chi connectivity index (χ3v) is 8.86. The average Bonchev–Trinajstić information content (AvgIpc) is 3.10. The predicted molar refractivity (Wildman–Crippen MR) is 149 cm³/mol. The third kappa shape index (κ3) is 4.59. The first-order chi connectivity index (χ1) is 18.1. The number of benzene rings is 1. The molecule has 1 fully saturated rings. The summed E-state index contributed by atoms with van der Waals surface area (Å²) in [7, 11) is 7.43. The first-order valence-electron chi connectivity index (χ1n) is 13.4. The van der Waals surface area contributed by atoms with Crippen LogP contribution in [-0.4, -0.2) is 78.0 Å². The maximum absolute atomic E-state index is 13.5. The number of fused-ring (bicyclic) bond motifs is 1. The van der Waals surface area contributed by atoms with Gasteiger partial charge in [0.1, 0.15) is 11.5 Å². The van der Waals surface area contributed by atoms with Crippen molar-refractivity contribution in [1.29, 1.82) is 0 Å². The zero-order chi connectivity index (χ0) is 27.8. The van der Waals surface area contributed by atoms with Gasteiger partial charge < -0.3 is 23.8 Å². The standard InChI is InChI=1S/C30H42N4O4/c1-9-31(5)30(10-12-33(13-11-30)29(36)25-15-21(3)32(6)22(25)4)27-14-20(2)28-23(18-34(27)19-35)16-24(37-7)17-26(28)38-8/h14-17,19-20H,9-13,18H2,1-8H3/t20-/m0/s1. The van der Waals surface area contributed by atoms with Gasteiger partial charge in [-0.3, -0.25) is 14.5 Å². The quantitative estimate of drug-likeness (QED) is 0.509. The Morgan fingerprint density at radius 1 is 1.16 bits per heavy atom. The molecular weight excluding hydrogens is 480 g/mol. The number of methoxy groups -OCH3 is 2. The molecule has 8 heteroatoms. The minimum absolute atomic E-state index is 0.0301. The molecule has 4 rings (SSSR count). The van der Waals surface area contributed by atoms with Crippen LogP contribution in [0.2, 0.25) is 0 Å². The van der Waals surface area contributed by atoms with Gasteiger partial charge in [0, 0.05) is 54.8 Å². The van der Waals surface area contributed by atoms with E-state index in [1.165, 1.54) is 0 Å². The van der Waals surface area contributed by atoms with Gasteiger partial charge in [-0.2, -0.15) is 0 Å². The fraction of sp³-hybridized carbons (Fsp3) is 0.533. The van der Waals surface area contributed by atoms with E-state index in [0.29, 0.717) is 25.4 Å². The predicted octanol–water partition coefficient (Wildman–Crippen LogP) is 4.25. The highest BCUT2D eigenvalue weighted by molar-refractivity contribution is 5.95. The maximum atomic E-state index is 13.5. The molecule has 2 aliphatic heterocycles. The van der Waals surface area contributed by atoms with Crippen molar-refractivity contribution in [1.82, 2.24) is 19.3 Å². The molecule has 0 unspecified atom stereocenters. The van der Waals surface area contributed by atoms with E-state index in [9.17, 15) is 9.59 Å². The second kappa shape index (κ2) is 10.8. The summed E-state index contributed by atoms with van der Waals surface area (Å²) >= 11 is 0. The summed E-state index contributed by atoms with van der Waals surface area (Å²) < 4.78 is 13.3. The molecule has 1 aromatic carbocycles. The number of hydrogen-bond donors (Lipinski definition) is 0. The van der Waals surface area contributed by atoms with Crippen LogP contribution in [0.4, 0.5) is 0 Å². The SMILES string of the molecule is CCN(C)C1(C2=C[C@H](C)c3c(cc(OC)cc3OC)CN2C=O)CCN(C(=O)c2cc(C)n(C)c2C)CC1. The van der Waals surface area contributed by atoms with Crippen LogP contribution < -0.4 is 9.47 Å². The van der Waals surface area contributed by atoms with Gasteiger partial charge in [-0.15, -0.1) is 0 Å². The number of allylic oxidation sites excluding steroid dienone is 1. The summed E-state index contributed by atoms with van der Waals surface area (Å²) in [6.45, 7) is 10.8. The molecule has 2 aliphatic rings. The number of rotatable bonds is 7. The second-order valence-electron chi connectivity index (χ2n) is 10.7. The molecule has 0 spiro atoms. The van der Waals surface area contributed by atoms with Crippen molar-refractivity contribution in [3.8, 4) is 11.5 Å². The van der Waals surface area contributed by atoms with Crippen LogP contribution in [-0.2, 0) is 18.4 Å². The second-order valence-corrected chi connectivity index (χ2v) is 10.7. The molecule has 0 radical (unpaired) electrons. The monoisotopic (exact) mass is 522 g/mol. The zero-order valence-corrected chi connectivity index (χ0v) is 24.1. The Kier molecular flexibility index (Phi) is 7.93. The molecule has 1 aromatic heterocycles. The molecule has 0 bridgehead atoms. The van der Waals surface area contributed by atoms with E-state index < -0.39 is 0 Å². The molecule has 206 valence electrons. The lowest BCUT2D eigenvalue weighted by Crippen LogP contribution is -2.58. The van der Waals surface area contributed by atoms with Crippen molar-refractivity contribution >= 4 is 12.3 Å². The molecule has 1 atom stereocenters. The van der Waals surface area contributed by atoms with Crippen molar-refractivity contribution in [2.45, 2.75) is 58.5 Å². The molecule has 8 nitrogen and oxygen atoms in total. The van der Waals surface area contributed by atoms with Gasteiger partial charge in [-0.05, 0) is 58.0 Å². The van der Waals surface area contributed by atoms with Gasteiger partial charge >= 0.3 is 0 Å². The fourth-order valence-corrected chi connectivity index (χ4v) is 6.25. The topological polar surface area (TPSA) is 67.2 Å². The van der Waals surface area contributed by atoms with Gasteiger partial charge in [0.2, 0.25) is 6.41 Å². The lowest BCUT2D eigenvalue weighted by Gasteiger charge is -2.50. The molecular formula is C30H42N4O4. The smallest absolute Gasteiger partial charge is 0.255 e. The molecule has 2 aromatic rings. The zero-order valence-electron chi connectivity index (χ0n) is 24.1. The number of likely N-dealkylation sites (N-methyl/N-ethyl adjacent to an activating group) is 1. The Morgan fingerprint density at radius 3 is 2.37 bits per heavy atom. The molecule has 0 saturated carbocycles. The van der Waals surface area contributed by atoms with Crippen LogP contribution >= 0.6 is 0 Å². The number of piperidine rings is 1. The number of aromatic nitrogens is 1. The fourth-order valence-electron chi connectivity index (χ4n) is 6.25. The Labute approximate surface area is 226 Å². The van der Waals surface area contributed by atoms with Crippen LogP contribution in [0.15, 0.2) is 30.0 Å². The number of nitrogens with zero attached hydrogens (tertiary/aromatic N) is 4. The lowest BCUT2D eigenvalue weighted by molar-refractivity contribution is -0.118. The van der Waals surface area contributed by atoms with E-state index in [2.05, 4.69) is 36.4 Å². The number of aryl methyl sites for hydroxylation is 1. The highest BCUT2D eigenvalue weighted by Crippen LogP contribution is 2.44. The van der Waals surface area contributed by atoms with Crippen molar-refractivity contribution in [2.24, 2.45) is 7.05 Å². The number of ether oxygens (including phenoxy) is 2. The van der Waals surface area contributed by atoms with E-state index in [0.717, 1.165) is 65.3 Å². The van der Waals surface area contributed by atoms with Crippen molar-refractivity contribution in [3.05, 3.63) is 58.1 Å². The molecule has 0 aliphatic carbocycles. The Morgan fingerprint density at radius 2 is 1.84 bits per heavy atom. The number of carbonyl (C=O) groups is 2. The molecule has 1 saturated heterocycles. The summed E-state index contributed by atoms with van der Waals surface area (Å²) in [6, 6.07) is 5.90. The number of carbonyl (C=O) groups excluding carboxylic acids is 2. The van der Waals surface area contributed by atoms with E-state index in [1.807, 2.05) is 48.9 Å². The summed E-state index contributed by atoms with van der Waals surface area (Å²) in [5, 5.41) is 0. The summed E-state index contributed by atoms with van der Waals surface area (Å²) in [5.74, 6) is 1.59. The normalized spacial score (nSPS) is 19.1. The van der Waals surface area contributed by atoms with Crippen LogP contribution in [0.25, 0.3) is 0 Å². The van der Waals surface area contributed by atoms with Gasteiger partial charge in [0.25, 0.3) is 5.91 Å². The van der Waals surface area contributed by atoms with Gasteiger partial charge in [0.15, 0.2) is 0 Å². The van der Waals surface area contributed by atoms with E-state index in [1.54, 1.807) is 14.2 Å². The first kappa shape index (κ1) is 27.8. The van der Waals surface area contributed by atoms with Crippen LogP contribution in [0, 0.1) is 13.8 Å². The van der Waals surface area contributed by atoms with Crippen LogP contribution in [0.1, 0.15) is 65.5 Å². The average molecular weight is 523 g/mol. The third-order valence-electron chi connectivity index (χ3n) is 8.86. The first-order valence-corrected chi connectivity index (χ1v) is 13.4. The molecule has 3 heterocycles. The number of likely N-dealkylation sites (tertiary alicyclic amines) is 1. The largest absolute Gasteiger partial charge is 0.497 e. The summed E-state index contributed by atoms with van der Waals surface area (Å²) in [4.78, 5) is 32.3. The van der Waals surface area contributed by atoms with Crippen molar-refractivity contribution in [3.63, 3.8) is 0 Å². The Balaban J connectivity index is 1.70. The van der Waals surface area contributed by atoms with E-state index in [-0.39, 0.29) is 17.4 Å².